The molecule has 0 unspecified atom stereocenters. The summed E-state index contributed by atoms with van der Waals surface area (Å²) in [6.45, 7) is 0. The minimum atomic E-state index is -0.242. The van der Waals surface area contributed by atoms with Gasteiger partial charge in [0.15, 0.2) is 5.69 Å². The zero-order chi connectivity index (χ0) is 10.8. The lowest BCUT2D eigenvalue weighted by Crippen LogP contribution is -2.24. The Hall–Kier alpha value is -2.17. The number of hydrogen-bond donors (Lipinski definition) is 1. The van der Waals surface area contributed by atoms with Crippen LogP contribution >= 0.6 is 0 Å². The second-order valence-corrected chi connectivity index (χ2v) is 3.14. The smallest absolute Gasteiger partial charge is 0.281 e. The highest BCUT2D eigenvalue weighted by molar-refractivity contribution is 5.57. The molecule has 76 valence electrons. The lowest BCUT2D eigenvalue weighted by molar-refractivity contribution is 0.800. The first-order chi connectivity index (χ1) is 7.20. The molecule has 0 saturated heterocycles. The molecule has 0 aliphatic heterocycles. The molecule has 1 aromatic heterocycles. The third kappa shape index (κ3) is 1.59. The fourth-order valence-electron chi connectivity index (χ4n) is 1.25. The van der Waals surface area contributed by atoms with Gasteiger partial charge in [-0.1, -0.05) is 30.3 Å². The molecule has 0 saturated carbocycles. The summed E-state index contributed by atoms with van der Waals surface area (Å²) < 4.78 is 1.27. The molecule has 0 fully saturated rings. The zero-order valence-corrected chi connectivity index (χ0v) is 8.21. The van der Waals surface area contributed by atoms with E-state index in [1.54, 1.807) is 7.05 Å². The van der Waals surface area contributed by atoms with Crippen molar-refractivity contribution in [2.75, 3.05) is 5.73 Å². The summed E-state index contributed by atoms with van der Waals surface area (Å²) >= 11 is 0. The van der Waals surface area contributed by atoms with E-state index in [0.717, 1.165) is 5.56 Å². The molecule has 0 bridgehead atoms. The highest BCUT2D eigenvalue weighted by Crippen LogP contribution is 2.10. The highest BCUT2D eigenvalue weighted by Gasteiger charge is 2.08. The largest absolute Gasteiger partial charge is 0.368 e. The Labute approximate surface area is 86.2 Å². The van der Waals surface area contributed by atoms with Crippen LogP contribution in [0.2, 0.25) is 0 Å². The molecular formula is C10H10N4O. The average Bonchev–Trinajstić information content (AvgIpc) is 2.27. The van der Waals surface area contributed by atoms with Crippen molar-refractivity contribution in [2.24, 2.45) is 7.05 Å². The number of anilines is 1. The van der Waals surface area contributed by atoms with Crippen molar-refractivity contribution in [1.82, 2.24) is 14.8 Å². The van der Waals surface area contributed by atoms with E-state index < -0.39 is 0 Å². The summed E-state index contributed by atoms with van der Waals surface area (Å²) in [6.07, 6.45) is 0. The maximum Gasteiger partial charge on any atom is 0.281 e. The van der Waals surface area contributed by atoms with Gasteiger partial charge in [0, 0.05) is 12.6 Å². The van der Waals surface area contributed by atoms with Crippen LogP contribution < -0.4 is 11.3 Å². The number of rotatable bonds is 1. The number of nitrogen functional groups attached to an aromatic ring is 1. The Morgan fingerprint density at radius 2 is 1.87 bits per heavy atom. The highest BCUT2D eigenvalue weighted by atomic mass is 16.1. The van der Waals surface area contributed by atoms with E-state index in [1.807, 2.05) is 30.3 Å². The van der Waals surface area contributed by atoms with E-state index >= 15 is 0 Å². The quantitative estimate of drug-likeness (QED) is 0.727. The second kappa shape index (κ2) is 3.53. The predicted octanol–water partition coefficient (Wildman–Crippen LogP) is 0.425. The Balaban J connectivity index is 2.66. The maximum absolute atomic E-state index is 11.8. The van der Waals surface area contributed by atoms with Gasteiger partial charge in [0.05, 0.1) is 0 Å². The predicted molar refractivity (Wildman–Crippen MR) is 57.1 cm³/mol. The Kier molecular flexibility index (Phi) is 2.21. The first-order valence-electron chi connectivity index (χ1n) is 4.45. The minimum Gasteiger partial charge on any atom is -0.368 e. The van der Waals surface area contributed by atoms with Gasteiger partial charge in [0.2, 0.25) is 5.95 Å². The SMILES string of the molecule is Cn1c(N)nnc(-c2ccccc2)c1=O. The maximum atomic E-state index is 11.8. The summed E-state index contributed by atoms with van der Waals surface area (Å²) in [7, 11) is 1.57. The van der Waals surface area contributed by atoms with Gasteiger partial charge in [-0.2, -0.15) is 0 Å². The van der Waals surface area contributed by atoms with E-state index in [9.17, 15) is 4.79 Å². The van der Waals surface area contributed by atoms with Crippen molar-refractivity contribution < 1.29 is 0 Å². The van der Waals surface area contributed by atoms with Crippen LogP contribution in [0.5, 0.6) is 0 Å². The summed E-state index contributed by atoms with van der Waals surface area (Å²) in [4.78, 5) is 11.8. The monoisotopic (exact) mass is 202 g/mol. The summed E-state index contributed by atoms with van der Waals surface area (Å²) in [6, 6.07) is 9.17. The molecule has 0 aliphatic carbocycles. The molecule has 1 heterocycles. The molecule has 0 amide bonds. The molecule has 5 heteroatoms. The van der Waals surface area contributed by atoms with Crippen molar-refractivity contribution in [3.8, 4) is 11.3 Å². The number of nitrogens with zero attached hydrogens (tertiary/aromatic N) is 3. The molecule has 1 aromatic carbocycles. The first-order valence-corrected chi connectivity index (χ1v) is 4.45. The molecule has 2 rings (SSSR count). The van der Waals surface area contributed by atoms with Gasteiger partial charge in [-0.05, 0) is 0 Å². The van der Waals surface area contributed by atoms with Crippen LogP contribution in [0.25, 0.3) is 11.3 Å². The van der Waals surface area contributed by atoms with Crippen LogP contribution in [0.1, 0.15) is 0 Å². The molecule has 5 nitrogen and oxygen atoms in total. The van der Waals surface area contributed by atoms with Gasteiger partial charge >= 0.3 is 0 Å². The third-order valence-electron chi connectivity index (χ3n) is 2.15. The van der Waals surface area contributed by atoms with Crippen LogP contribution in [-0.2, 0) is 7.05 Å². The van der Waals surface area contributed by atoms with Crippen LogP contribution in [0.4, 0.5) is 5.95 Å². The van der Waals surface area contributed by atoms with Crippen molar-refractivity contribution >= 4 is 5.95 Å². The molecule has 2 N–H and O–H groups in total. The molecule has 0 aliphatic rings. The molecule has 15 heavy (non-hydrogen) atoms. The standard InChI is InChI=1S/C10H10N4O/c1-14-9(15)8(12-13-10(14)11)7-5-3-2-4-6-7/h2-6H,1H3,(H2,11,13). The van der Waals surface area contributed by atoms with E-state index in [2.05, 4.69) is 10.2 Å². The third-order valence-corrected chi connectivity index (χ3v) is 2.15. The van der Waals surface area contributed by atoms with Crippen molar-refractivity contribution in [3.63, 3.8) is 0 Å². The van der Waals surface area contributed by atoms with Gasteiger partial charge in [-0.25, -0.2) is 0 Å². The summed E-state index contributed by atoms with van der Waals surface area (Å²) in [5.41, 5.74) is 6.27. The van der Waals surface area contributed by atoms with E-state index in [0.29, 0.717) is 5.69 Å². The van der Waals surface area contributed by atoms with Gasteiger partial charge in [0.25, 0.3) is 5.56 Å². The molecule has 0 spiro atoms. The Bertz CT molecular complexity index is 533. The van der Waals surface area contributed by atoms with Gasteiger partial charge < -0.3 is 5.73 Å². The topological polar surface area (TPSA) is 73.8 Å². The lowest BCUT2D eigenvalue weighted by Gasteiger charge is -2.03. The van der Waals surface area contributed by atoms with Crippen molar-refractivity contribution in [2.45, 2.75) is 0 Å². The number of nitrogens with two attached hydrogens (primary N) is 1. The van der Waals surface area contributed by atoms with Crippen LogP contribution in [0.3, 0.4) is 0 Å². The average molecular weight is 202 g/mol. The fourth-order valence-corrected chi connectivity index (χ4v) is 1.25. The second-order valence-electron chi connectivity index (χ2n) is 3.14. The van der Waals surface area contributed by atoms with Crippen molar-refractivity contribution in [1.29, 1.82) is 0 Å². The van der Waals surface area contributed by atoms with Crippen LogP contribution in [0.15, 0.2) is 35.1 Å². The van der Waals surface area contributed by atoms with Crippen LogP contribution in [0, 0.1) is 0 Å². The normalized spacial score (nSPS) is 10.2. The molecular weight excluding hydrogens is 192 g/mol. The fraction of sp³-hybridized carbons (Fsp3) is 0.100. The van der Waals surface area contributed by atoms with Crippen molar-refractivity contribution in [3.05, 3.63) is 40.7 Å². The summed E-state index contributed by atoms with van der Waals surface area (Å²) in [5, 5.41) is 7.51. The van der Waals surface area contributed by atoms with Gasteiger partial charge in [-0.15, -0.1) is 10.2 Å². The van der Waals surface area contributed by atoms with E-state index in [4.69, 9.17) is 5.73 Å². The lowest BCUT2D eigenvalue weighted by atomic mass is 10.2. The Morgan fingerprint density at radius 3 is 2.53 bits per heavy atom. The molecule has 0 atom stereocenters. The molecule has 0 radical (unpaired) electrons. The number of aromatic nitrogens is 3. The zero-order valence-electron chi connectivity index (χ0n) is 8.21. The first kappa shape index (κ1) is 9.39. The minimum absolute atomic E-state index is 0.111. The van der Waals surface area contributed by atoms with Gasteiger partial charge in [0.1, 0.15) is 0 Å². The summed E-state index contributed by atoms with van der Waals surface area (Å²) in [5.74, 6) is 0.111. The number of benzene rings is 1. The van der Waals surface area contributed by atoms with E-state index in [1.165, 1.54) is 4.57 Å². The molecule has 2 aromatic rings. The van der Waals surface area contributed by atoms with Gasteiger partial charge in [-0.3, -0.25) is 9.36 Å². The number of hydrogen-bond acceptors (Lipinski definition) is 4. The van der Waals surface area contributed by atoms with E-state index in [-0.39, 0.29) is 11.5 Å². The van der Waals surface area contributed by atoms with Crippen LogP contribution in [-0.4, -0.2) is 14.8 Å². The Morgan fingerprint density at radius 1 is 1.20 bits per heavy atom.